The summed E-state index contributed by atoms with van der Waals surface area (Å²) in [6.07, 6.45) is 0.438. The van der Waals surface area contributed by atoms with Gasteiger partial charge in [0.05, 0.1) is 13.2 Å². The Labute approximate surface area is 157 Å². The number of methoxy groups -OCH3 is 1. The molecule has 4 rings (SSSR count). The molecule has 0 aliphatic carbocycles. The lowest BCUT2D eigenvalue weighted by molar-refractivity contribution is -0.154. The fourth-order valence-electron chi connectivity index (χ4n) is 4.10. The Bertz CT molecular complexity index is 1020. The van der Waals surface area contributed by atoms with Crippen molar-refractivity contribution in [3.63, 3.8) is 0 Å². The quantitative estimate of drug-likeness (QED) is 0.710. The minimum Gasteiger partial charge on any atom is -0.467 e. The van der Waals surface area contributed by atoms with Gasteiger partial charge in [0.2, 0.25) is 5.91 Å². The predicted molar refractivity (Wildman–Crippen MR) is 103 cm³/mol. The van der Waals surface area contributed by atoms with Crippen molar-refractivity contribution in [1.29, 1.82) is 0 Å². The molecule has 1 aromatic heterocycles. The maximum atomic E-state index is 12.6. The number of amides is 1. The van der Waals surface area contributed by atoms with Crippen molar-refractivity contribution < 1.29 is 14.3 Å². The number of carbonyl (C=O) groups is 2. The summed E-state index contributed by atoms with van der Waals surface area (Å²) in [4.78, 5) is 30.3. The number of aromatic amines is 1. The Morgan fingerprint density at radius 1 is 1.11 bits per heavy atom. The average molecular weight is 362 g/mol. The Balaban J connectivity index is 1.98. The number of aromatic nitrogens is 1. The number of H-pyrrole nitrogens is 1. The molecule has 0 saturated heterocycles. The van der Waals surface area contributed by atoms with E-state index in [-0.39, 0.29) is 11.9 Å². The average Bonchev–Trinajstić information content (AvgIpc) is 3.05. The molecule has 3 aromatic rings. The van der Waals surface area contributed by atoms with E-state index in [1.54, 1.807) is 4.90 Å². The minimum absolute atomic E-state index is 0.153. The number of aryl methyl sites for hydroxylation is 1. The summed E-state index contributed by atoms with van der Waals surface area (Å²) in [5.41, 5.74) is 5.16. The first kappa shape index (κ1) is 17.3. The lowest BCUT2D eigenvalue weighted by Crippen LogP contribution is -2.51. The monoisotopic (exact) mass is 362 g/mol. The summed E-state index contributed by atoms with van der Waals surface area (Å²) in [5, 5.41) is 1.08. The van der Waals surface area contributed by atoms with Gasteiger partial charge < -0.3 is 14.6 Å². The molecule has 0 saturated carbocycles. The Hall–Kier alpha value is -3.08. The molecule has 1 aliphatic heterocycles. The molecule has 0 spiro atoms. The predicted octanol–water partition coefficient (Wildman–Crippen LogP) is 3.51. The topological polar surface area (TPSA) is 62.4 Å². The zero-order valence-electron chi connectivity index (χ0n) is 15.7. The Kier molecular flexibility index (Phi) is 4.22. The normalized spacial score (nSPS) is 19.0. The zero-order chi connectivity index (χ0) is 19.1. The highest BCUT2D eigenvalue weighted by atomic mass is 16.5. The van der Waals surface area contributed by atoms with Crippen molar-refractivity contribution in [2.24, 2.45) is 0 Å². The fraction of sp³-hybridized carbons (Fsp3) is 0.273. The highest BCUT2D eigenvalue weighted by Crippen LogP contribution is 2.41. The molecule has 1 amide bonds. The van der Waals surface area contributed by atoms with Crippen molar-refractivity contribution in [2.45, 2.75) is 32.4 Å². The van der Waals surface area contributed by atoms with Crippen LogP contribution >= 0.6 is 0 Å². The van der Waals surface area contributed by atoms with Crippen LogP contribution in [0.3, 0.4) is 0 Å². The van der Waals surface area contributed by atoms with E-state index >= 15 is 0 Å². The third-order valence-corrected chi connectivity index (χ3v) is 5.36. The molecule has 1 N–H and O–H groups in total. The van der Waals surface area contributed by atoms with E-state index < -0.39 is 12.0 Å². The number of carbonyl (C=O) groups excluding carboxylic acids is 2. The van der Waals surface area contributed by atoms with Crippen LogP contribution in [0.5, 0.6) is 0 Å². The summed E-state index contributed by atoms with van der Waals surface area (Å²) in [5.74, 6) is -0.543. The molecule has 0 unspecified atom stereocenters. The van der Waals surface area contributed by atoms with Gasteiger partial charge in [-0.15, -0.1) is 0 Å². The van der Waals surface area contributed by atoms with E-state index in [4.69, 9.17) is 4.74 Å². The molecule has 2 aromatic carbocycles. The summed E-state index contributed by atoms with van der Waals surface area (Å²) in [7, 11) is 1.37. The molecule has 2 atom stereocenters. The molecule has 138 valence electrons. The first-order valence-corrected chi connectivity index (χ1v) is 9.04. The van der Waals surface area contributed by atoms with Crippen molar-refractivity contribution in [1.82, 2.24) is 9.88 Å². The first-order chi connectivity index (χ1) is 13.0. The summed E-state index contributed by atoms with van der Waals surface area (Å²) in [6, 6.07) is 15.1. The first-order valence-electron chi connectivity index (χ1n) is 9.04. The van der Waals surface area contributed by atoms with Crippen LogP contribution in [-0.4, -0.2) is 34.9 Å². The molecular formula is C22H22N2O3. The van der Waals surface area contributed by atoms with Gasteiger partial charge >= 0.3 is 5.97 Å². The smallest absolute Gasteiger partial charge is 0.328 e. The van der Waals surface area contributed by atoms with E-state index in [0.717, 1.165) is 33.3 Å². The van der Waals surface area contributed by atoms with Crippen LogP contribution in [0.4, 0.5) is 0 Å². The maximum absolute atomic E-state index is 12.6. The molecule has 1 aliphatic rings. The van der Waals surface area contributed by atoms with Gasteiger partial charge in [0.1, 0.15) is 6.04 Å². The van der Waals surface area contributed by atoms with Gasteiger partial charge in [0.25, 0.3) is 0 Å². The molecule has 0 radical (unpaired) electrons. The minimum atomic E-state index is -0.648. The van der Waals surface area contributed by atoms with E-state index in [0.29, 0.717) is 6.42 Å². The maximum Gasteiger partial charge on any atom is 0.328 e. The van der Waals surface area contributed by atoms with Crippen LogP contribution in [-0.2, 0) is 20.7 Å². The number of hydrogen-bond donors (Lipinski definition) is 1. The molecule has 5 heteroatoms. The largest absolute Gasteiger partial charge is 0.467 e. The van der Waals surface area contributed by atoms with Gasteiger partial charge in [0.15, 0.2) is 0 Å². The van der Waals surface area contributed by atoms with Crippen molar-refractivity contribution in [3.8, 4) is 0 Å². The number of nitrogens with zero attached hydrogens (tertiary/aromatic N) is 1. The third kappa shape index (κ3) is 2.79. The highest BCUT2D eigenvalue weighted by molar-refractivity contribution is 5.90. The van der Waals surface area contributed by atoms with Crippen LogP contribution in [0.15, 0.2) is 48.5 Å². The molecule has 5 nitrogen and oxygen atoms in total. The standard InChI is InChI=1S/C22H22N2O3/c1-13-8-10-15(11-9-13)21-20-17(16-6-4-5-7-18(16)23-20)12-19(22(26)27-3)24(21)14(2)25/h4-11,19,21,23H,12H2,1-3H3/t19-,21-/m0/s1. The number of fused-ring (bicyclic) bond motifs is 3. The van der Waals surface area contributed by atoms with Gasteiger partial charge in [-0.1, -0.05) is 48.0 Å². The number of rotatable bonds is 2. The van der Waals surface area contributed by atoms with Gasteiger partial charge in [-0.2, -0.15) is 0 Å². The highest BCUT2D eigenvalue weighted by Gasteiger charge is 2.42. The van der Waals surface area contributed by atoms with Crippen molar-refractivity contribution in [3.05, 3.63) is 70.9 Å². The van der Waals surface area contributed by atoms with E-state index in [1.165, 1.54) is 14.0 Å². The second kappa shape index (κ2) is 6.58. The van der Waals surface area contributed by atoms with E-state index in [1.807, 2.05) is 49.4 Å². The third-order valence-electron chi connectivity index (χ3n) is 5.36. The second-order valence-corrected chi connectivity index (χ2v) is 7.05. The lowest BCUT2D eigenvalue weighted by Gasteiger charge is -2.40. The molecule has 27 heavy (non-hydrogen) atoms. The number of benzene rings is 2. The fourth-order valence-corrected chi connectivity index (χ4v) is 4.10. The summed E-state index contributed by atoms with van der Waals surface area (Å²) < 4.78 is 5.03. The van der Waals surface area contributed by atoms with Gasteiger partial charge in [-0.3, -0.25) is 4.79 Å². The zero-order valence-corrected chi connectivity index (χ0v) is 15.7. The number of para-hydroxylation sites is 1. The van der Waals surface area contributed by atoms with Crippen molar-refractivity contribution in [2.75, 3.05) is 7.11 Å². The van der Waals surface area contributed by atoms with Gasteiger partial charge in [-0.05, 0) is 24.1 Å². The molecule has 0 fully saturated rings. The van der Waals surface area contributed by atoms with Crippen LogP contribution < -0.4 is 0 Å². The van der Waals surface area contributed by atoms with Crippen LogP contribution in [0, 0.1) is 6.92 Å². The SMILES string of the molecule is COC(=O)[C@@H]1Cc2c([nH]c3ccccc23)[C@H](c2ccc(C)cc2)N1C(C)=O. The van der Waals surface area contributed by atoms with Crippen molar-refractivity contribution >= 4 is 22.8 Å². The number of nitrogens with one attached hydrogen (secondary N) is 1. The van der Waals surface area contributed by atoms with Gasteiger partial charge in [-0.25, -0.2) is 4.79 Å². The Morgan fingerprint density at radius 2 is 1.81 bits per heavy atom. The lowest BCUT2D eigenvalue weighted by atomic mass is 9.87. The summed E-state index contributed by atoms with van der Waals surface area (Å²) >= 11 is 0. The van der Waals surface area contributed by atoms with E-state index in [9.17, 15) is 9.59 Å². The van der Waals surface area contributed by atoms with E-state index in [2.05, 4.69) is 11.1 Å². The number of hydrogen-bond acceptors (Lipinski definition) is 3. The molecule has 0 bridgehead atoms. The second-order valence-electron chi connectivity index (χ2n) is 7.05. The van der Waals surface area contributed by atoms with Crippen LogP contribution in [0.25, 0.3) is 10.9 Å². The molecular weight excluding hydrogens is 340 g/mol. The summed E-state index contributed by atoms with van der Waals surface area (Å²) in [6.45, 7) is 3.53. The number of esters is 1. The molecule has 2 heterocycles. The number of ether oxygens (including phenoxy) is 1. The van der Waals surface area contributed by atoms with Crippen LogP contribution in [0.2, 0.25) is 0 Å². The van der Waals surface area contributed by atoms with Gasteiger partial charge in [0, 0.05) is 29.9 Å². The Morgan fingerprint density at radius 3 is 2.48 bits per heavy atom. The van der Waals surface area contributed by atoms with Crippen LogP contribution in [0.1, 0.15) is 35.3 Å².